The molecular weight excluding hydrogens is 262 g/mol. The first-order valence-corrected chi connectivity index (χ1v) is 7.68. The zero-order valence-electron chi connectivity index (χ0n) is 12.6. The van der Waals surface area contributed by atoms with E-state index in [-0.39, 0.29) is 12.5 Å². The molecule has 0 atom stereocenters. The zero-order chi connectivity index (χ0) is 15.1. The van der Waals surface area contributed by atoms with Crippen LogP contribution in [0.2, 0.25) is 0 Å². The lowest BCUT2D eigenvalue weighted by Crippen LogP contribution is -2.30. The Labute approximate surface area is 126 Å². The van der Waals surface area contributed by atoms with Gasteiger partial charge in [-0.15, -0.1) is 0 Å². The third kappa shape index (κ3) is 4.34. The second-order valence-electron chi connectivity index (χ2n) is 5.75. The highest BCUT2D eigenvalue weighted by atomic mass is 16.2. The van der Waals surface area contributed by atoms with Gasteiger partial charge in [-0.3, -0.25) is 4.79 Å². The van der Waals surface area contributed by atoms with Crippen molar-refractivity contribution >= 4 is 5.91 Å². The van der Waals surface area contributed by atoms with Crippen molar-refractivity contribution in [3.8, 4) is 11.8 Å². The van der Waals surface area contributed by atoms with Gasteiger partial charge in [0.1, 0.15) is 0 Å². The van der Waals surface area contributed by atoms with Crippen LogP contribution in [0.5, 0.6) is 0 Å². The van der Waals surface area contributed by atoms with Crippen LogP contribution in [0.15, 0.2) is 24.3 Å². The zero-order valence-corrected chi connectivity index (χ0v) is 12.6. The Balaban J connectivity index is 2.01. The van der Waals surface area contributed by atoms with E-state index in [4.69, 9.17) is 5.11 Å². The van der Waals surface area contributed by atoms with Crippen molar-refractivity contribution in [2.24, 2.45) is 5.41 Å². The summed E-state index contributed by atoms with van der Waals surface area (Å²) < 4.78 is 0. The van der Waals surface area contributed by atoms with E-state index in [0.29, 0.717) is 17.4 Å². The van der Waals surface area contributed by atoms with Gasteiger partial charge in [0.2, 0.25) is 0 Å². The summed E-state index contributed by atoms with van der Waals surface area (Å²) in [5, 5.41) is 11.8. The highest BCUT2D eigenvalue weighted by Gasteiger charge is 2.41. The number of rotatable bonds is 6. The molecule has 1 fully saturated rings. The summed E-state index contributed by atoms with van der Waals surface area (Å²) in [6.45, 7) is 2.99. The number of carbonyl (C=O) groups is 1. The van der Waals surface area contributed by atoms with Crippen LogP contribution in [0.4, 0.5) is 0 Å². The molecule has 1 aliphatic carbocycles. The second kappa shape index (κ2) is 7.28. The van der Waals surface area contributed by atoms with Crippen LogP contribution in [0.25, 0.3) is 0 Å². The van der Waals surface area contributed by atoms with Gasteiger partial charge in [0.05, 0.1) is 12.2 Å². The van der Waals surface area contributed by atoms with Gasteiger partial charge < -0.3 is 10.4 Å². The third-order valence-electron chi connectivity index (χ3n) is 3.99. The van der Waals surface area contributed by atoms with Crippen LogP contribution >= 0.6 is 0 Å². The number of aliphatic hydroxyl groups excluding tert-OH is 1. The third-order valence-corrected chi connectivity index (χ3v) is 3.99. The molecule has 0 spiro atoms. The Morgan fingerprint density at radius 3 is 2.81 bits per heavy atom. The van der Waals surface area contributed by atoms with Crippen molar-refractivity contribution in [3.05, 3.63) is 35.4 Å². The van der Waals surface area contributed by atoms with Gasteiger partial charge >= 0.3 is 0 Å². The number of hydrogen-bond donors (Lipinski definition) is 2. The van der Waals surface area contributed by atoms with Crippen LogP contribution in [0.3, 0.4) is 0 Å². The van der Waals surface area contributed by atoms with Gasteiger partial charge in [-0.05, 0) is 36.8 Å². The van der Waals surface area contributed by atoms with Crippen LogP contribution in [-0.4, -0.2) is 24.2 Å². The lowest BCUT2D eigenvalue weighted by Gasteiger charge is -2.15. The SMILES string of the molecule is CCCC1(CNC(=O)c2ccccc2C#CCCO)CC1. The molecular formula is C18H23NO2. The monoisotopic (exact) mass is 285 g/mol. The van der Waals surface area contributed by atoms with Crippen molar-refractivity contribution < 1.29 is 9.90 Å². The van der Waals surface area contributed by atoms with Gasteiger partial charge in [-0.25, -0.2) is 0 Å². The summed E-state index contributed by atoms with van der Waals surface area (Å²) in [5.41, 5.74) is 1.70. The van der Waals surface area contributed by atoms with Gasteiger partial charge in [-0.2, -0.15) is 0 Å². The molecule has 1 saturated carbocycles. The maximum Gasteiger partial charge on any atom is 0.252 e. The van der Waals surface area contributed by atoms with E-state index in [1.165, 1.54) is 25.7 Å². The van der Waals surface area contributed by atoms with Crippen molar-refractivity contribution in [2.75, 3.05) is 13.2 Å². The molecule has 3 heteroatoms. The second-order valence-corrected chi connectivity index (χ2v) is 5.75. The van der Waals surface area contributed by atoms with Crippen molar-refractivity contribution in [3.63, 3.8) is 0 Å². The van der Waals surface area contributed by atoms with Gasteiger partial charge in [-0.1, -0.05) is 37.3 Å². The molecule has 1 aromatic rings. The lowest BCUT2D eigenvalue weighted by molar-refractivity contribution is 0.0943. The molecule has 3 nitrogen and oxygen atoms in total. The summed E-state index contributed by atoms with van der Waals surface area (Å²) >= 11 is 0. The lowest BCUT2D eigenvalue weighted by atomic mass is 10.0. The number of amides is 1. The highest BCUT2D eigenvalue weighted by Crippen LogP contribution is 2.48. The van der Waals surface area contributed by atoms with Crippen molar-refractivity contribution in [2.45, 2.75) is 39.0 Å². The first-order chi connectivity index (χ1) is 10.2. The Kier molecular flexibility index (Phi) is 5.41. The Morgan fingerprint density at radius 1 is 1.38 bits per heavy atom. The molecule has 2 rings (SSSR count). The summed E-state index contributed by atoms with van der Waals surface area (Å²) in [4.78, 5) is 12.3. The number of nitrogens with one attached hydrogen (secondary N) is 1. The van der Waals surface area contributed by atoms with E-state index in [0.717, 1.165) is 12.1 Å². The Bertz CT molecular complexity index is 550. The number of hydrogen-bond acceptors (Lipinski definition) is 2. The number of aliphatic hydroxyl groups is 1. The fraction of sp³-hybridized carbons (Fsp3) is 0.500. The smallest absolute Gasteiger partial charge is 0.252 e. The minimum absolute atomic E-state index is 0.0426. The Morgan fingerprint density at radius 2 is 2.14 bits per heavy atom. The highest BCUT2D eigenvalue weighted by molar-refractivity contribution is 5.96. The van der Waals surface area contributed by atoms with Crippen molar-refractivity contribution in [1.82, 2.24) is 5.32 Å². The van der Waals surface area contributed by atoms with E-state index < -0.39 is 0 Å². The number of carbonyl (C=O) groups excluding carboxylic acids is 1. The van der Waals surface area contributed by atoms with Gasteiger partial charge in [0, 0.05) is 18.5 Å². The van der Waals surface area contributed by atoms with Gasteiger partial charge in [0.25, 0.3) is 5.91 Å². The summed E-state index contributed by atoms with van der Waals surface area (Å²) in [5.74, 6) is 5.78. The number of benzene rings is 1. The molecule has 2 N–H and O–H groups in total. The molecule has 0 unspecified atom stereocenters. The van der Waals surface area contributed by atoms with Crippen LogP contribution in [0, 0.1) is 17.3 Å². The van der Waals surface area contributed by atoms with E-state index >= 15 is 0 Å². The fourth-order valence-corrected chi connectivity index (χ4v) is 2.59. The molecule has 0 aliphatic heterocycles. The average molecular weight is 285 g/mol. The Hall–Kier alpha value is -1.79. The molecule has 0 heterocycles. The topological polar surface area (TPSA) is 49.3 Å². The summed E-state index contributed by atoms with van der Waals surface area (Å²) in [7, 11) is 0. The van der Waals surface area contributed by atoms with Crippen LogP contribution < -0.4 is 5.32 Å². The molecule has 112 valence electrons. The fourth-order valence-electron chi connectivity index (χ4n) is 2.59. The molecule has 21 heavy (non-hydrogen) atoms. The average Bonchev–Trinajstić information content (AvgIpc) is 3.26. The summed E-state index contributed by atoms with van der Waals surface area (Å²) in [6.07, 6.45) is 5.22. The molecule has 0 bridgehead atoms. The molecule has 0 saturated heterocycles. The van der Waals surface area contributed by atoms with Gasteiger partial charge in [0.15, 0.2) is 0 Å². The van der Waals surface area contributed by atoms with E-state index in [9.17, 15) is 4.79 Å². The standard InChI is InChI=1S/C18H23NO2/c1-2-10-18(11-12-18)14-19-17(21)16-9-4-3-7-15(16)8-5-6-13-20/h3-4,7,9,20H,2,6,10-14H2,1H3,(H,19,21). The maximum atomic E-state index is 12.3. The van der Waals surface area contributed by atoms with Crippen molar-refractivity contribution in [1.29, 1.82) is 0 Å². The normalized spacial score (nSPS) is 15.0. The maximum absolute atomic E-state index is 12.3. The van der Waals surface area contributed by atoms with E-state index in [1.807, 2.05) is 18.2 Å². The first-order valence-electron chi connectivity index (χ1n) is 7.68. The molecule has 1 amide bonds. The summed E-state index contributed by atoms with van der Waals surface area (Å²) in [6, 6.07) is 7.38. The minimum atomic E-state index is -0.0497. The largest absolute Gasteiger partial charge is 0.395 e. The first kappa shape index (κ1) is 15.6. The molecule has 1 aliphatic rings. The minimum Gasteiger partial charge on any atom is -0.395 e. The van der Waals surface area contributed by atoms with E-state index in [1.54, 1.807) is 6.07 Å². The van der Waals surface area contributed by atoms with Crippen LogP contribution in [-0.2, 0) is 0 Å². The molecule has 0 radical (unpaired) electrons. The quantitative estimate of drug-likeness (QED) is 0.790. The van der Waals surface area contributed by atoms with E-state index in [2.05, 4.69) is 24.1 Å². The molecule has 0 aromatic heterocycles. The van der Waals surface area contributed by atoms with Crippen LogP contribution in [0.1, 0.15) is 54.9 Å². The predicted molar refractivity (Wildman–Crippen MR) is 83.9 cm³/mol. The molecule has 1 aromatic carbocycles. The predicted octanol–water partition coefficient (Wildman–Crippen LogP) is 2.73.